The maximum Gasteiger partial charge on any atom is 0.125 e. The van der Waals surface area contributed by atoms with Gasteiger partial charge in [0.1, 0.15) is 5.82 Å². The second-order valence-corrected chi connectivity index (χ2v) is 4.78. The number of anilines is 1. The molecule has 0 unspecified atom stereocenters. The van der Waals surface area contributed by atoms with E-state index in [1.165, 1.54) is 11.1 Å². The highest BCUT2D eigenvalue weighted by Crippen LogP contribution is 2.09. The molecule has 2 aromatic rings. The number of aromatic nitrogens is 3. The zero-order valence-electron chi connectivity index (χ0n) is 11.8. The van der Waals surface area contributed by atoms with E-state index in [0.29, 0.717) is 0 Å². The zero-order chi connectivity index (χ0) is 13.7. The fourth-order valence-electron chi connectivity index (χ4n) is 2.04. The molecule has 1 N–H and O–H groups in total. The Morgan fingerprint density at radius 3 is 2.58 bits per heavy atom. The molecule has 0 aliphatic rings. The van der Waals surface area contributed by atoms with Crippen molar-refractivity contribution in [1.29, 1.82) is 0 Å². The average molecular weight is 259 g/mol. The van der Waals surface area contributed by atoms with Crippen molar-refractivity contribution in [1.82, 2.24) is 19.7 Å². The number of nitrogens with zero attached hydrogens (tertiary/aromatic N) is 4. The lowest BCUT2D eigenvalue weighted by Gasteiger charge is -2.15. The van der Waals surface area contributed by atoms with Crippen molar-refractivity contribution >= 4 is 5.82 Å². The third kappa shape index (κ3) is 4.06. The second-order valence-electron chi connectivity index (χ2n) is 4.78. The summed E-state index contributed by atoms with van der Waals surface area (Å²) in [4.78, 5) is 6.63. The first-order chi connectivity index (χ1) is 9.17. The van der Waals surface area contributed by atoms with Crippen LogP contribution in [0.1, 0.15) is 18.1 Å². The highest BCUT2D eigenvalue weighted by molar-refractivity contribution is 5.35. The van der Waals surface area contributed by atoms with Gasteiger partial charge < -0.3 is 5.32 Å². The van der Waals surface area contributed by atoms with E-state index in [9.17, 15) is 0 Å². The zero-order valence-corrected chi connectivity index (χ0v) is 11.8. The molecule has 19 heavy (non-hydrogen) atoms. The van der Waals surface area contributed by atoms with Gasteiger partial charge in [-0.15, -0.1) is 0 Å². The Hall–Kier alpha value is -1.88. The van der Waals surface area contributed by atoms with E-state index in [4.69, 9.17) is 0 Å². The van der Waals surface area contributed by atoms with Crippen LogP contribution >= 0.6 is 0 Å². The summed E-state index contributed by atoms with van der Waals surface area (Å²) in [5.74, 6) is 0.932. The molecule has 2 aromatic heterocycles. The molecule has 0 aliphatic heterocycles. The van der Waals surface area contributed by atoms with Crippen molar-refractivity contribution in [2.24, 2.45) is 7.05 Å². The quantitative estimate of drug-likeness (QED) is 0.860. The Kier molecular flexibility index (Phi) is 4.52. The van der Waals surface area contributed by atoms with E-state index in [1.807, 2.05) is 36.4 Å². The fraction of sp³-hybridized carbons (Fsp3) is 0.429. The van der Waals surface area contributed by atoms with E-state index in [-0.39, 0.29) is 0 Å². The predicted octanol–water partition coefficient (Wildman–Crippen LogP) is 1.88. The molecular weight excluding hydrogens is 238 g/mol. The molecule has 0 saturated heterocycles. The summed E-state index contributed by atoms with van der Waals surface area (Å²) in [6.45, 7) is 4.74. The molecule has 0 spiro atoms. The number of nitrogens with one attached hydrogen (secondary N) is 1. The number of hydrogen-bond acceptors (Lipinski definition) is 4. The van der Waals surface area contributed by atoms with Gasteiger partial charge in [0, 0.05) is 44.6 Å². The van der Waals surface area contributed by atoms with Crippen LogP contribution in [0.2, 0.25) is 0 Å². The van der Waals surface area contributed by atoms with Gasteiger partial charge in [-0.1, -0.05) is 6.07 Å². The van der Waals surface area contributed by atoms with Crippen molar-refractivity contribution in [3.05, 3.63) is 41.9 Å². The highest BCUT2D eigenvalue weighted by atomic mass is 15.2. The minimum absolute atomic E-state index is 0.883. The molecule has 5 heteroatoms. The minimum atomic E-state index is 0.883. The molecule has 0 bridgehead atoms. The Balaban J connectivity index is 1.89. The van der Waals surface area contributed by atoms with Gasteiger partial charge in [-0.2, -0.15) is 5.10 Å². The topological polar surface area (TPSA) is 46.0 Å². The summed E-state index contributed by atoms with van der Waals surface area (Å²) >= 11 is 0. The summed E-state index contributed by atoms with van der Waals surface area (Å²) in [7, 11) is 4.04. The molecule has 0 fully saturated rings. The van der Waals surface area contributed by atoms with Crippen LogP contribution in [-0.2, 0) is 20.1 Å². The van der Waals surface area contributed by atoms with Gasteiger partial charge in [0.05, 0.1) is 6.20 Å². The maximum atomic E-state index is 4.38. The van der Waals surface area contributed by atoms with Gasteiger partial charge in [0.25, 0.3) is 0 Å². The van der Waals surface area contributed by atoms with E-state index in [1.54, 1.807) is 0 Å². The van der Waals surface area contributed by atoms with Crippen LogP contribution in [0.15, 0.2) is 30.7 Å². The normalized spacial score (nSPS) is 10.9. The molecule has 5 nitrogen and oxygen atoms in total. The van der Waals surface area contributed by atoms with Gasteiger partial charge in [0.15, 0.2) is 0 Å². The van der Waals surface area contributed by atoms with Crippen LogP contribution < -0.4 is 5.32 Å². The number of aryl methyl sites for hydroxylation is 1. The van der Waals surface area contributed by atoms with Gasteiger partial charge in [-0.3, -0.25) is 9.58 Å². The van der Waals surface area contributed by atoms with Gasteiger partial charge in [-0.25, -0.2) is 4.98 Å². The largest absolute Gasteiger partial charge is 0.370 e. The standard InChI is InChI=1S/C14H21N5/c1-4-15-14-6-5-12(7-16-14)9-18(2)10-13-8-17-19(3)11-13/h5-8,11H,4,9-10H2,1-3H3,(H,15,16). The van der Waals surface area contributed by atoms with Crippen LogP contribution in [0.5, 0.6) is 0 Å². The Bertz CT molecular complexity index is 503. The molecule has 0 radical (unpaired) electrons. The Morgan fingerprint density at radius 1 is 1.21 bits per heavy atom. The van der Waals surface area contributed by atoms with Gasteiger partial charge in [0.2, 0.25) is 0 Å². The summed E-state index contributed by atoms with van der Waals surface area (Å²) < 4.78 is 1.83. The monoisotopic (exact) mass is 259 g/mol. The molecule has 0 aliphatic carbocycles. The molecule has 2 rings (SSSR count). The second kappa shape index (κ2) is 6.33. The lowest BCUT2D eigenvalue weighted by molar-refractivity contribution is 0.318. The summed E-state index contributed by atoms with van der Waals surface area (Å²) in [6.07, 6.45) is 5.88. The third-order valence-corrected chi connectivity index (χ3v) is 2.85. The molecule has 2 heterocycles. The Labute approximate surface area is 114 Å². The third-order valence-electron chi connectivity index (χ3n) is 2.85. The fourth-order valence-corrected chi connectivity index (χ4v) is 2.04. The van der Waals surface area contributed by atoms with Crippen molar-refractivity contribution < 1.29 is 0 Å². The van der Waals surface area contributed by atoms with E-state index < -0.39 is 0 Å². The first-order valence-corrected chi connectivity index (χ1v) is 6.52. The van der Waals surface area contributed by atoms with E-state index in [0.717, 1.165) is 25.5 Å². The van der Waals surface area contributed by atoms with Crippen molar-refractivity contribution in [3.63, 3.8) is 0 Å². The average Bonchev–Trinajstić information content (AvgIpc) is 2.77. The van der Waals surface area contributed by atoms with Gasteiger partial charge >= 0.3 is 0 Å². The summed E-state index contributed by atoms with van der Waals surface area (Å²) in [6, 6.07) is 4.14. The lowest BCUT2D eigenvalue weighted by Crippen LogP contribution is -2.17. The first kappa shape index (κ1) is 13.5. The molecule has 0 atom stereocenters. The van der Waals surface area contributed by atoms with Crippen molar-refractivity contribution in [2.75, 3.05) is 18.9 Å². The van der Waals surface area contributed by atoms with Crippen LogP contribution in [0.25, 0.3) is 0 Å². The SMILES string of the molecule is CCNc1ccc(CN(C)Cc2cnn(C)c2)cn1. The van der Waals surface area contributed by atoms with Crippen LogP contribution in [0.3, 0.4) is 0 Å². The van der Waals surface area contributed by atoms with Crippen molar-refractivity contribution in [2.45, 2.75) is 20.0 Å². The predicted molar refractivity (Wildman–Crippen MR) is 76.8 cm³/mol. The molecule has 102 valence electrons. The van der Waals surface area contributed by atoms with Gasteiger partial charge in [-0.05, 0) is 25.6 Å². The van der Waals surface area contributed by atoms with Crippen LogP contribution in [0.4, 0.5) is 5.82 Å². The Morgan fingerprint density at radius 2 is 2.00 bits per heavy atom. The molecule has 0 amide bonds. The molecular formula is C14H21N5. The van der Waals surface area contributed by atoms with Crippen molar-refractivity contribution in [3.8, 4) is 0 Å². The highest BCUT2D eigenvalue weighted by Gasteiger charge is 2.04. The number of hydrogen-bond donors (Lipinski definition) is 1. The molecule has 0 aromatic carbocycles. The smallest absolute Gasteiger partial charge is 0.125 e. The van der Waals surface area contributed by atoms with E-state index >= 15 is 0 Å². The maximum absolute atomic E-state index is 4.38. The summed E-state index contributed by atoms with van der Waals surface area (Å²) in [5.41, 5.74) is 2.44. The lowest BCUT2D eigenvalue weighted by atomic mass is 10.2. The molecule has 0 saturated carbocycles. The van der Waals surface area contributed by atoms with Crippen LogP contribution in [0, 0.1) is 0 Å². The number of rotatable bonds is 6. The summed E-state index contributed by atoms with van der Waals surface area (Å²) in [5, 5.41) is 7.37. The number of pyridine rings is 1. The van der Waals surface area contributed by atoms with Crippen LogP contribution in [-0.4, -0.2) is 33.3 Å². The minimum Gasteiger partial charge on any atom is -0.370 e. The van der Waals surface area contributed by atoms with E-state index in [2.05, 4.69) is 40.3 Å². The first-order valence-electron chi connectivity index (χ1n) is 6.52.